The molecule has 0 aliphatic carbocycles. The van der Waals surface area contributed by atoms with E-state index in [0.29, 0.717) is 5.92 Å². The first-order valence-corrected chi connectivity index (χ1v) is 10.4. The van der Waals surface area contributed by atoms with Crippen LogP contribution in [0.4, 0.5) is 0 Å². The summed E-state index contributed by atoms with van der Waals surface area (Å²) >= 11 is 1.88. The molecule has 0 spiro atoms. The van der Waals surface area contributed by atoms with E-state index in [1.54, 1.807) is 0 Å². The van der Waals surface area contributed by atoms with Crippen LogP contribution in [0.3, 0.4) is 0 Å². The monoisotopic (exact) mass is 365 g/mol. The van der Waals surface area contributed by atoms with E-state index < -0.39 is 0 Å². The van der Waals surface area contributed by atoms with Crippen molar-refractivity contribution in [2.24, 2.45) is 10.9 Å². The lowest BCUT2D eigenvalue weighted by Gasteiger charge is -2.35. The van der Waals surface area contributed by atoms with Crippen LogP contribution in [0.2, 0.25) is 0 Å². The number of nitrogens with zero attached hydrogens (tertiary/aromatic N) is 3. The average molecular weight is 366 g/mol. The number of hydrogen-bond acceptors (Lipinski definition) is 4. The second kappa shape index (κ2) is 10.8. The van der Waals surface area contributed by atoms with Crippen molar-refractivity contribution in [1.29, 1.82) is 0 Å². The van der Waals surface area contributed by atoms with Crippen LogP contribution < -0.4 is 10.6 Å². The lowest BCUT2D eigenvalue weighted by molar-refractivity contribution is 0.124. The van der Waals surface area contributed by atoms with Gasteiger partial charge < -0.3 is 20.4 Å². The largest absolute Gasteiger partial charge is 0.356 e. The molecule has 0 radical (unpaired) electrons. The lowest BCUT2D eigenvalue weighted by atomic mass is 10.1. The maximum Gasteiger partial charge on any atom is 0.191 e. The summed E-state index contributed by atoms with van der Waals surface area (Å²) in [7, 11) is 1.84. The molecule has 1 saturated heterocycles. The van der Waals surface area contributed by atoms with Crippen molar-refractivity contribution in [3.05, 3.63) is 21.9 Å². The zero-order valence-electron chi connectivity index (χ0n) is 16.3. The summed E-state index contributed by atoms with van der Waals surface area (Å²) in [5.74, 6) is 1.51. The van der Waals surface area contributed by atoms with Gasteiger partial charge >= 0.3 is 0 Å². The summed E-state index contributed by atoms with van der Waals surface area (Å²) in [6.45, 7) is 15.7. The molecule has 0 bridgehead atoms. The summed E-state index contributed by atoms with van der Waals surface area (Å²) in [5.41, 5.74) is 0. The molecule has 25 heavy (non-hydrogen) atoms. The van der Waals surface area contributed by atoms with Gasteiger partial charge in [-0.25, -0.2) is 0 Å². The van der Waals surface area contributed by atoms with Crippen LogP contribution in [-0.2, 0) is 13.0 Å². The van der Waals surface area contributed by atoms with E-state index in [4.69, 9.17) is 0 Å². The first kappa shape index (κ1) is 20.2. The highest BCUT2D eigenvalue weighted by Crippen LogP contribution is 2.16. The van der Waals surface area contributed by atoms with Crippen LogP contribution in [-0.4, -0.2) is 68.6 Å². The Morgan fingerprint density at radius 2 is 1.80 bits per heavy atom. The molecule has 2 rings (SSSR count). The standard InChI is InChI=1S/C19H35N5S/c1-5-17-7-8-18(25-17)14-22-19(20-4)21-13-16(3)15-24-11-9-23(6-2)10-12-24/h7-8,16H,5-6,9-15H2,1-4H3,(H2,20,21,22). The molecule has 1 unspecified atom stereocenters. The molecule has 1 aromatic rings. The van der Waals surface area contributed by atoms with Gasteiger partial charge in [0.05, 0.1) is 6.54 Å². The number of piperazine rings is 1. The molecule has 1 aliphatic heterocycles. The summed E-state index contributed by atoms with van der Waals surface area (Å²) in [6, 6.07) is 4.43. The number of aryl methyl sites for hydroxylation is 1. The minimum atomic E-state index is 0.611. The molecule has 0 saturated carbocycles. The summed E-state index contributed by atoms with van der Waals surface area (Å²) in [4.78, 5) is 12.3. The Kier molecular flexibility index (Phi) is 8.72. The predicted molar refractivity (Wildman–Crippen MR) is 110 cm³/mol. The lowest BCUT2D eigenvalue weighted by Crippen LogP contribution is -2.48. The molecular formula is C19H35N5S. The Bertz CT molecular complexity index is 520. The molecular weight excluding hydrogens is 330 g/mol. The molecule has 1 atom stereocenters. The number of hydrogen-bond donors (Lipinski definition) is 2. The number of rotatable bonds is 8. The number of nitrogens with one attached hydrogen (secondary N) is 2. The van der Waals surface area contributed by atoms with Crippen LogP contribution in [0.25, 0.3) is 0 Å². The van der Waals surface area contributed by atoms with Gasteiger partial charge in [-0.1, -0.05) is 20.8 Å². The van der Waals surface area contributed by atoms with E-state index in [1.165, 1.54) is 42.5 Å². The fraction of sp³-hybridized carbons (Fsp3) is 0.737. The van der Waals surface area contributed by atoms with Gasteiger partial charge in [0.2, 0.25) is 0 Å². The number of guanidine groups is 1. The number of thiophene rings is 1. The number of likely N-dealkylation sites (N-methyl/N-ethyl adjacent to an activating group) is 1. The second-order valence-electron chi connectivity index (χ2n) is 6.87. The van der Waals surface area contributed by atoms with Crippen LogP contribution >= 0.6 is 11.3 Å². The highest BCUT2D eigenvalue weighted by molar-refractivity contribution is 7.11. The molecule has 6 heteroatoms. The third kappa shape index (κ3) is 6.96. The quantitative estimate of drug-likeness (QED) is 0.548. The van der Waals surface area contributed by atoms with Crippen LogP contribution in [0.5, 0.6) is 0 Å². The highest BCUT2D eigenvalue weighted by atomic mass is 32.1. The number of aliphatic imine (C=N–C) groups is 1. The fourth-order valence-electron chi connectivity index (χ4n) is 3.16. The predicted octanol–water partition coefficient (Wildman–Crippen LogP) is 2.25. The molecule has 142 valence electrons. The fourth-order valence-corrected chi connectivity index (χ4v) is 4.06. The van der Waals surface area contributed by atoms with Gasteiger partial charge in [-0.05, 0) is 31.0 Å². The van der Waals surface area contributed by atoms with Crippen molar-refractivity contribution in [3.8, 4) is 0 Å². The molecule has 1 fully saturated rings. The second-order valence-corrected chi connectivity index (χ2v) is 8.12. The van der Waals surface area contributed by atoms with Gasteiger partial charge in [-0.15, -0.1) is 11.3 Å². The Morgan fingerprint density at radius 1 is 1.12 bits per heavy atom. The Labute approximate surface area is 157 Å². The topological polar surface area (TPSA) is 42.9 Å². The van der Waals surface area contributed by atoms with Crippen LogP contribution in [0.1, 0.15) is 30.5 Å². The molecule has 1 aromatic heterocycles. The van der Waals surface area contributed by atoms with E-state index in [-0.39, 0.29) is 0 Å². The maximum atomic E-state index is 4.35. The Balaban J connectivity index is 1.65. The average Bonchev–Trinajstić information content (AvgIpc) is 3.10. The summed E-state index contributed by atoms with van der Waals surface area (Å²) < 4.78 is 0. The van der Waals surface area contributed by atoms with Gasteiger partial charge in [0.25, 0.3) is 0 Å². The molecule has 5 nitrogen and oxygen atoms in total. The normalized spacial score (nSPS) is 18.3. The van der Waals surface area contributed by atoms with Crippen molar-refractivity contribution >= 4 is 17.3 Å². The summed E-state index contributed by atoms with van der Waals surface area (Å²) in [5, 5.41) is 6.90. The van der Waals surface area contributed by atoms with Crippen LogP contribution in [0.15, 0.2) is 17.1 Å². The van der Waals surface area contributed by atoms with Gasteiger partial charge in [-0.3, -0.25) is 4.99 Å². The first-order chi connectivity index (χ1) is 12.1. The molecule has 0 amide bonds. The van der Waals surface area contributed by atoms with E-state index in [0.717, 1.165) is 32.0 Å². The molecule has 2 heterocycles. The SMILES string of the molecule is CCc1ccc(CNC(=NC)NCC(C)CN2CCN(CC)CC2)s1. The summed E-state index contributed by atoms with van der Waals surface area (Å²) in [6.07, 6.45) is 1.11. The molecule has 0 aromatic carbocycles. The molecule has 1 aliphatic rings. The minimum Gasteiger partial charge on any atom is -0.356 e. The van der Waals surface area contributed by atoms with Gasteiger partial charge in [0.15, 0.2) is 5.96 Å². The van der Waals surface area contributed by atoms with Crippen molar-refractivity contribution in [1.82, 2.24) is 20.4 Å². The van der Waals surface area contributed by atoms with E-state index in [9.17, 15) is 0 Å². The van der Waals surface area contributed by atoms with E-state index in [2.05, 4.69) is 58.3 Å². The van der Waals surface area contributed by atoms with Gasteiger partial charge in [0.1, 0.15) is 0 Å². The van der Waals surface area contributed by atoms with Gasteiger partial charge in [-0.2, -0.15) is 0 Å². The maximum absolute atomic E-state index is 4.35. The highest BCUT2D eigenvalue weighted by Gasteiger charge is 2.17. The first-order valence-electron chi connectivity index (χ1n) is 9.61. The van der Waals surface area contributed by atoms with Gasteiger partial charge in [0, 0.05) is 56.1 Å². The Hall–Kier alpha value is -1.11. The van der Waals surface area contributed by atoms with Crippen molar-refractivity contribution in [2.75, 3.05) is 52.9 Å². The van der Waals surface area contributed by atoms with Crippen LogP contribution in [0, 0.1) is 5.92 Å². The van der Waals surface area contributed by atoms with E-state index >= 15 is 0 Å². The molecule has 2 N–H and O–H groups in total. The van der Waals surface area contributed by atoms with Crippen molar-refractivity contribution in [3.63, 3.8) is 0 Å². The zero-order valence-corrected chi connectivity index (χ0v) is 17.2. The zero-order chi connectivity index (χ0) is 18.1. The minimum absolute atomic E-state index is 0.611. The smallest absolute Gasteiger partial charge is 0.191 e. The third-order valence-corrected chi connectivity index (χ3v) is 6.05. The van der Waals surface area contributed by atoms with Crippen molar-refractivity contribution in [2.45, 2.75) is 33.7 Å². The van der Waals surface area contributed by atoms with Crippen molar-refractivity contribution < 1.29 is 0 Å². The van der Waals surface area contributed by atoms with E-state index in [1.807, 2.05) is 18.4 Å². The Morgan fingerprint density at radius 3 is 2.40 bits per heavy atom. The third-order valence-electron chi connectivity index (χ3n) is 4.82.